The summed E-state index contributed by atoms with van der Waals surface area (Å²) in [6.07, 6.45) is 6.53. The molecule has 1 unspecified atom stereocenters. The second-order valence-corrected chi connectivity index (χ2v) is 6.16. The fraction of sp³-hybridized carbons (Fsp3) is 0.786. The number of hydrogen-bond donors (Lipinski definition) is 1. The van der Waals surface area contributed by atoms with Crippen LogP contribution in [0.2, 0.25) is 0 Å². The Morgan fingerprint density at radius 3 is 2.32 bits per heavy atom. The van der Waals surface area contributed by atoms with Crippen LogP contribution in [0.5, 0.6) is 0 Å². The first-order valence-corrected chi connectivity index (χ1v) is 7.25. The van der Waals surface area contributed by atoms with E-state index in [2.05, 4.69) is 5.32 Å². The number of rotatable bonds is 2. The minimum absolute atomic E-state index is 0.0967. The smallest absolute Gasteiger partial charge is 0.277 e. The second-order valence-electron chi connectivity index (χ2n) is 6.16. The summed E-state index contributed by atoms with van der Waals surface area (Å²) in [6.45, 7) is 1.94. The highest BCUT2D eigenvalue weighted by molar-refractivity contribution is 6.19. The van der Waals surface area contributed by atoms with E-state index in [4.69, 9.17) is 0 Å². The van der Waals surface area contributed by atoms with Gasteiger partial charge in [0.05, 0.1) is 0 Å². The van der Waals surface area contributed by atoms with Crippen LogP contribution in [0.15, 0.2) is 0 Å². The number of imide groups is 2. The van der Waals surface area contributed by atoms with E-state index >= 15 is 0 Å². The molecule has 3 aliphatic rings. The Bertz CT molecular complexity index is 436. The van der Waals surface area contributed by atoms with E-state index in [-0.39, 0.29) is 17.9 Å². The van der Waals surface area contributed by atoms with Crippen LogP contribution >= 0.6 is 0 Å². The highest BCUT2D eigenvalue weighted by atomic mass is 16.2. The average Bonchev–Trinajstić information content (AvgIpc) is 2.79. The lowest BCUT2D eigenvalue weighted by Crippen LogP contribution is -2.68. The number of amides is 4. The molecule has 1 heterocycles. The summed E-state index contributed by atoms with van der Waals surface area (Å²) in [6, 6.07) is -0.618. The number of nitrogens with one attached hydrogen (secondary N) is 1. The topological polar surface area (TPSA) is 66.5 Å². The second kappa shape index (κ2) is 4.32. The molecule has 0 bridgehead atoms. The van der Waals surface area contributed by atoms with Gasteiger partial charge in [-0.1, -0.05) is 19.3 Å². The van der Waals surface area contributed by atoms with Crippen molar-refractivity contribution in [1.29, 1.82) is 0 Å². The van der Waals surface area contributed by atoms with Gasteiger partial charge < -0.3 is 0 Å². The van der Waals surface area contributed by atoms with Crippen LogP contribution in [0, 0.1) is 11.3 Å². The molecule has 0 radical (unpaired) electrons. The first kappa shape index (κ1) is 12.6. The summed E-state index contributed by atoms with van der Waals surface area (Å²) in [5, 5.41) is 2.38. The summed E-state index contributed by atoms with van der Waals surface area (Å²) in [4.78, 5) is 37.9. The fourth-order valence-corrected chi connectivity index (χ4v) is 3.69. The molecule has 2 saturated carbocycles. The van der Waals surface area contributed by atoms with E-state index in [1.165, 1.54) is 17.7 Å². The van der Waals surface area contributed by atoms with Crippen LogP contribution in [-0.4, -0.2) is 28.8 Å². The van der Waals surface area contributed by atoms with E-state index in [0.29, 0.717) is 18.8 Å². The molecule has 19 heavy (non-hydrogen) atoms. The fourth-order valence-electron chi connectivity index (χ4n) is 3.69. The van der Waals surface area contributed by atoms with Crippen molar-refractivity contribution in [3.05, 3.63) is 0 Å². The molecule has 1 saturated heterocycles. The molecule has 2 aliphatic carbocycles. The van der Waals surface area contributed by atoms with Gasteiger partial charge >= 0.3 is 6.03 Å². The highest BCUT2D eigenvalue weighted by Gasteiger charge is 2.58. The molecule has 1 spiro atoms. The van der Waals surface area contributed by atoms with Crippen LogP contribution in [0.1, 0.15) is 51.9 Å². The highest BCUT2D eigenvalue weighted by Crippen LogP contribution is 2.45. The zero-order chi connectivity index (χ0) is 13.6. The Kier molecular flexibility index (Phi) is 2.87. The number of carbonyl (C=O) groups excluding carboxylic acids is 3. The summed E-state index contributed by atoms with van der Waals surface area (Å²) in [7, 11) is 0. The van der Waals surface area contributed by atoms with E-state index in [1.54, 1.807) is 0 Å². The maximum Gasteiger partial charge on any atom is 0.331 e. The molecule has 3 fully saturated rings. The normalized spacial score (nSPS) is 28.5. The zero-order valence-corrected chi connectivity index (χ0v) is 11.3. The predicted octanol–water partition coefficient (Wildman–Crippen LogP) is 1.81. The molecule has 104 valence electrons. The molecule has 0 aromatic heterocycles. The molecule has 4 amide bonds. The van der Waals surface area contributed by atoms with Gasteiger partial charge in [0.15, 0.2) is 0 Å². The third-order valence-electron chi connectivity index (χ3n) is 5.20. The number of urea groups is 1. The van der Waals surface area contributed by atoms with Crippen molar-refractivity contribution in [2.24, 2.45) is 11.3 Å². The lowest BCUT2D eigenvalue weighted by atomic mass is 9.66. The van der Waals surface area contributed by atoms with E-state index in [1.807, 2.05) is 6.92 Å². The van der Waals surface area contributed by atoms with Crippen molar-refractivity contribution in [2.45, 2.75) is 57.9 Å². The maximum absolute atomic E-state index is 12.6. The Labute approximate surface area is 112 Å². The van der Waals surface area contributed by atoms with Gasteiger partial charge in [-0.05, 0) is 38.5 Å². The molecular formula is C14H20N2O3. The molecule has 1 N–H and O–H groups in total. The molecule has 3 rings (SSSR count). The monoisotopic (exact) mass is 264 g/mol. The molecular weight excluding hydrogens is 244 g/mol. The number of hydrogen-bond acceptors (Lipinski definition) is 3. The van der Waals surface area contributed by atoms with Crippen molar-refractivity contribution < 1.29 is 14.4 Å². The first-order valence-electron chi connectivity index (χ1n) is 7.25. The minimum atomic E-state index is -0.930. The number of carbonyl (C=O) groups is 3. The van der Waals surface area contributed by atoms with Gasteiger partial charge in [-0.25, -0.2) is 4.79 Å². The molecule has 0 aromatic rings. The third-order valence-corrected chi connectivity index (χ3v) is 5.20. The first-order chi connectivity index (χ1) is 9.06. The lowest BCUT2D eigenvalue weighted by Gasteiger charge is -2.47. The van der Waals surface area contributed by atoms with Gasteiger partial charge in [0.2, 0.25) is 11.8 Å². The Balaban J connectivity index is 1.85. The quantitative estimate of drug-likeness (QED) is 0.773. The number of nitrogens with zero attached hydrogens (tertiary/aromatic N) is 1. The SMILES string of the molecule is CC(C1CCCC1)N1C(=O)NC(=O)C2(CCC2)C1=O. The van der Waals surface area contributed by atoms with Gasteiger partial charge in [0, 0.05) is 6.04 Å². The van der Waals surface area contributed by atoms with Crippen molar-refractivity contribution in [2.75, 3.05) is 0 Å². The summed E-state index contributed by atoms with van der Waals surface area (Å²) >= 11 is 0. The Morgan fingerprint density at radius 2 is 1.79 bits per heavy atom. The maximum atomic E-state index is 12.6. The predicted molar refractivity (Wildman–Crippen MR) is 68.1 cm³/mol. The molecule has 1 aliphatic heterocycles. The van der Waals surface area contributed by atoms with Crippen LogP contribution in [-0.2, 0) is 9.59 Å². The largest absolute Gasteiger partial charge is 0.331 e. The summed E-state index contributed by atoms with van der Waals surface area (Å²) in [5.74, 6) is -0.254. The van der Waals surface area contributed by atoms with E-state index < -0.39 is 11.4 Å². The zero-order valence-electron chi connectivity index (χ0n) is 11.3. The number of barbiturate groups is 1. The van der Waals surface area contributed by atoms with Crippen molar-refractivity contribution in [1.82, 2.24) is 10.2 Å². The van der Waals surface area contributed by atoms with Gasteiger partial charge in [-0.3, -0.25) is 19.8 Å². The van der Waals surface area contributed by atoms with E-state index in [9.17, 15) is 14.4 Å². The minimum Gasteiger partial charge on any atom is -0.277 e. The Hall–Kier alpha value is -1.39. The lowest BCUT2D eigenvalue weighted by molar-refractivity contribution is -0.159. The van der Waals surface area contributed by atoms with Gasteiger partial charge in [0.1, 0.15) is 5.41 Å². The molecule has 0 aromatic carbocycles. The van der Waals surface area contributed by atoms with Gasteiger partial charge in [-0.15, -0.1) is 0 Å². The van der Waals surface area contributed by atoms with E-state index in [0.717, 1.165) is 19.3 Å². The van der Waals surface area contributed by atoms with Gasteiger partial charge in [-0.2, -0.15) is 0 Å². The molecule has 5 heteroatoms. The van der Waals surface area contributed by atoms with Crippen LogP contribution in [0.3, 0.4) is 0 Å². The summed E-state index contributed by atoms with van der Waals surface area (Å²) < 4.78 is 0. The molecule has 1 atom stereocenters. The van der Waals surface area contributed by atoms with Gasteiger partial charge in [0.25, 0.3) is 0 Å². The van der Waals surface area contributed by atoms with Crippen LogP contribution in [0.4, 0.5) is 4.79 Å². The Morgan fingerprint density at radius 1 is 1.16 bits per heavy atom. The van der Waals surface area contributed by atoms with Crippen molar-refractivity contribution in [3.8, 4) is 0 Å². The third kappa shape index (κ3) is 1.70. The molecule has 5 nitrogen and oxygen atoms in total. The van der Waals surface area contributed by atoms with Crippen LogP contribution in [0.25, 0.3) is 0 Å². The summed E-state index contributed by atoms with van der Waals surface area (Å²) in [5.41, 5.74) is -0.930. The standard InChI is InChI=1S/C14H20N2O3/c1-9(10-5-2-3-6-10)16-12(18)14(7-4-8-14)11(17)15-13(16)19/h9-10H,2-8H2,1H3,(H,15,17,19). The van der Waals surface area contributed by atoms with Crippen molar-refractivity contribution in [3.63, 3.8) is 0 Å². The van der Waals surface area contributed by atoms with Crippen LogP contribution < -0.4 is 5.32 Å². The van der Waals surface area contributed by atoms with Crippen molar-refractivity contribution >= 4 is 17.8 Å². The average molecular weight is 264 g/mol.